The summed E-state index contributed by atoms with van der Waals surface area (Å²) in [7, 11) is 0. The molecule has 0 aromatic heterocycles. The maximum absolute atomic E-state index is 12.7. The van der Waals surface area contributed by atoms with E-state index in [9.17, 15) is 18.0 Å². The first-order valence-electron chi connectivity index (χ1n) is 6.16. The van der Waals surface area contributed by atoms with Crippen LogP contribution in [-0.2, 0) is 15.7 Å². The number of nitrogens with two attached hydrogens (primary N) is 1. The molecule has 0 bridgehead atoms. The third-order valence-electron chi connectivity index (χ3n) is 3.58. The molecule has 2 unspecified atom stereocenters. The van der Waals surface area contributed by atoms with E-state index < -0.39 is 29.1 Å². The molecule has 1 saturated heterocycles. The van der Waals surface area contributed by atoms with Crippen LogP contribution in [0.5, 0.6) is 0 Å². The van der Waals surface area contributed by atoms with E-state index in [1.807, 2.05) is 0 Å². The van der Waals surface area contributed by atoms with Crippen molar-refractivity contribution in [3.63, 3.8) is 0 Å². The van der Waals surface area contributed by atoms with E-state index in [-0.39, 0.29) is 23.9 Å². The molecule has 3 N–H and O–H groups in total. The van der Waals surface area contributed by atoms with Crippen molar-refractivity contribution in [3.8, 4) is 0 Å². The summed E-state index contributed by atoms with van der Waals surface area (Å²) in [6.45, 7) is 1.93. The topological polar surface area (TPSA) is 64.3 Å². The van der Waals surface area contributed by atoms with Gasteiger partial charge < -0.3 is 15.8 Å². The highest BCUT2D eigenvalue weighted by atomic mass is 35.5. The Labute approximate surface area is 124 Å². The van der Waals surface area contributed by atoms with Crippen molar-refractivity contribution < 1.29 is 22.7 Å². The minimum absolute atomic E-state index is 0.0208. The SMILES string of the molecule is CC1(C(=O)Nc2cc(C(F)(F)F)ccc2Cl)COCC1N. The van der Waals surface area contributed by atoms with Gasteiger partial charge in [0.25, 0.3) is 0 Å². The van der Waals surface area contributed by atoms with Crippen molar-refractivity contribution in [2.24, 2.45) is 11.1 Å². The van der Waals surface area contributed by atoms with Crippen molar-refractivity contribution >= 4 is 23.2 Å². The van der Waals surface area contributed by atoms with Gasteiger partial charge in [-0.25, -0.2) is 0 Å². The van der Waals surface area contributed by atoms with Crippen LogP contribution in [0.4, 0.5) is 18.9 Å². The van der Waals surface area contributed by atoms with Gasteiger partial charge in [-0.3, -0.25) is 4.79 Å². The summed E-state index contributed by atoms with van der Waals surface area (Å²) in [5.74, 6) is -0.520. The van der Waals surface area contributed by atoms with Crippen LogP contribution < -0.4 is 11.1 Å². The zero-order valence-corrected chi connectivity index (χ0v) is 11.9. The Kier molecular flexibility index (Phi) is 4.19. The van der Waals surface area contributed by atoms with Crippen LogP contribution in [-0.4, -0.2) is 25.2 Å². The molecular formula is C13H14ClF3N2O2. The number of benzene rings is 1. The van der Waals surface area contributed by atoms with Gasteiger partial charge in [0.2, 0.25) is 5.91 Å². The average Bonchev–Trinajstić information content (AvgIpc) is 2.72. The Hall–Kier alpha value is -1.31. The molecule has 1 amide bonds. The Morgan fingerprint density at radius 1 is 1.52 bits per heavy atom. The summed E-state index contributed by atoms with van der Waals surface area (Å²) in [6, 6.07) is 2.21. The summed E-state index contributed by atoms with van der Waals surface area (Å²) in [5.41, 5.74) is 3.81. The van der Waals surface area contributed by atoms with Gasteiger partial charge in [-0.15, -0.1) is 0 Å². The summed E-state index contributed by atoms with van der Waals surface area (Å²) < 4.78 is 43.2. The highest BCUT2D eigenvalue weighted by Crippen LogP contribution is 2.35. The number of halogens is 4. The van der Waals surface area contributed by atoms with Crippen molar-refractivity contribution in [2.75, 3.05) is 18.5 Å². The highest BCUT2D eigenvalue weighted by molar-refractivity contribution is 6.33. The molecule has 1 fully saturated rings. The standard InChI is InChI=1S/C13H14ClF3N2O2/c1-12(6-21-5-10(12)18)11(20)19-9-4-7(13(15,16)17)2-3-8(9)14/h2-4,10H,5-6,18H2,1H3,(H,19,20). The van der Waals surface area contributed by atoms with Crippen LogP contribution in [0.3, 0.4) is 0 Å². The molecule has 0 saturated carbocycles. The van der Waals surface area contributed by atoms with Crippen LogP contribution in [0.15, 0.2) is 18.2 Å². The maximum Gasteiger partial charge on any atom is 0.416 e. The lowest BCUT2D eigenvalue weighted by Gasteiger charge is -2.25. The third kappa shape index (κ3) is 3.14. The van der Waals surface area contributed by atoms with Crippen LogP contribution in [0, 0.1) is 5.41 Å². The Balaban J connectivity index is 2.25. The quantitative estimate of drug-likeness (QED) is 0.880. The van der Waals surface area contributed by atoms with E-state index in [1.54, 1.807) is 6.92 Å². The minimum Gasteiger partial charge on any atom is -0.379 e. The predicted molar refractivity (Wildman–Crippen MR) is 72.0 cm³/mol. The van der Waals surface area contributed by atoms with Crippen LogP contribution >= 0.6 is 11.6 Å². The zero-order valence-electron chi connectivity index (χ0n) is 11.1. The molecule has 0 spiro atoms. The molecular weight excluding hydrogens is 309 g/mol. The summed E-state index contributed by atoms with van der Waals surface area (Å²) in [5, 5.41) is 2.43. The average molecular weight is 323 g/mol. The van der Waals surface area contributed by atoms with E-state index in [0.29, 0.717) is 0 Å². The second-order valence-electron chi connectivity index (χ2n) is 5.19. The molecule has 0 radical (unpaired) electrons. The number of hydrogen-bond acceptors (Lipinski definition) is 3. The molecule has 1 aliphatic heterocycles. The lowest BCUT2D eigenvalue weighted by Crippen LogP contribution is -2.47. The van der Waals surface area contributed by atoms with E-state index in [2.05, 4.69) is 5.32 Å². The number of anilines is 1. The summed E-state index contributed by atoms with van der Waals surface area (Å²) in [6.07, 6.45) is -4.51. The fraction of sp³-hybridized carbons (Fsp3) is 0.462. The molecule has 0 aliphatic carbocycles. The number of nitrogens with one attached hydrogen (secondary N) is 1. The zero-order chi connectivity index (χ0) is 15.8. The molecule has 4 nitrogen and oxygen atoms in total. The normalized spacial score (nSPS) is 25.9. The first kappa shape index (κ1) is 16.1. The van der Waals surface area contributed by atoms with Gasteiger partial charge in [-0.05, 0) is 25.1 Å². The van der Waals surface area contributed by atoms with Gasteiger partial charge in [0, 0.05) is 6.04 Å². The molecule has 1 aromatic rings. The van der Waals surface area contributed by atoms with Gasteiger partial charge in [0.1, 0.15) is 0 Å². The van der Waals surface area contributed by atoms with Crippen LogP contribution in [0.2, 0.25) is 5.02 Å². The molecule has 8 heteroatoms. The summed E-state index contributed by atoms with van der Waals surface area (Å²) >= 11 is 5.83. The Morgan fingerprint density at radius 2 is 2.19 bits per heavy atom. The molecule has 1 heterocycles. The van der Waals surface area contributed by atoms with E-state index in [1.165, 1.54) is 0 Å². The lowest BCUT2D eigenvalue weighted by molar-refractivity contribution is -0.137. The van der Waals surface area contributed by atoms with Gasteiger partial charge in [-0.2, -0.15) is 13.2 Å². The monoisotopic (exact) mass is 322 g/mol. The highest BCUT2D eigenvalue weighted by Gasteiger charge is 2.44. The number of amides is 1. The first-order chi connectivity index (χ1) is 9.64. The van der Waals surface area contributed by atoms with Gasteiger partial charge in [0.15, 0.2) is 0 Å². The molecule has 21 heavy (non-hydrogen) atoms. The van der Waals surface area contributed by atoms with Crippen LogP contribution in [0.25, 0.3) is 0 Å². The molecule has 2 rings (SSSR count). The summed E-state index contributed by atoms with van der Waals surface area (Å²) in [4.78, 5) is 12.2. The van der Waals surface area contributed by atoms with Crippen molar-refractivity contribution in [3.05, 3.63) is 28.8 Å². The maximum atomic E-state index is 12.7. The minimum atomic E-state index is -4.51. The number of alkyl halides is 3. The molecule has 2 atom stereocenters. The van der Waals surface area contributed by atoms with Crippen LogP contribution in [0.1, 0.15) is 12.5 Å². The number of hydrogen-bond donors (Lipinski definition) is 2. The Bertz CT molecular complexity index is 565. The van der Waals surface area contributed by atoms with Crippen molar-refractivity contribution in [2.45, 2.75) is 19.1 Å². The second-order valence-corrected chi connectivity index (χ2v) is 5.59. The first-order valence-corrected chi connectivity index (χ1v) is 6.54. The predicted octanol–water partition coefficient (Wildman–Crippen LogP) is 2.66. The van der Waals surface area contributed by atoms with E-state index in [0.717, 1.165) is 18.2 Å². The molecule has 1 aromatic carbocycles. The Morgan fingerprint density at radius 3 is 2.71 bits per heavy atom. The fourth-order valence-electron chi connectivity index (χ4n) is 1.99. The van der Waals surface area contributed by atoms with Gasteiger partial charge in [0.05, 0.1) is 34.9 Å². The second kappa shape index (κ2) is 5.47. The van der Waals surface area contributed by atoms with E-state index >= 15 is 0 Å². The molecule has 1 aliphatic rings. The third-order valence-corrected chi connectivity index (χ3v) is 3.91. The number of ether oxygens (including phenoxy) is 1. The van der Waals surface area contributed by atoms with E-state index in [4.69, 9.17) is 22.1 Å². The molecule has 116 valence electrons. The van der Waals surface area contributed by atoms with Crippen molar-refractivity contribution in [1.29, 1.82) is 0 Å². The largest absolute Gasteiger partial charge is 0.416 e. The van der Waals surface area contributed by atoms with Crippen molar-refractivity contribution in [1.82, 2.24) is 0 Å². The number of carbonyl (C=O) groups excluding carboxylic acids is 1. The number of rotatable bonds is 2. The lowest BCUT2D eigenvalue weighted by atomic mass is 9.85. The fourth-order valence-corrected chi connectivity index (χ4v) is 2.15. The smallest absolute Gasteiger partial charge is 0.379 e. The number of carbonyl (C=O) groups is 1. The van der Waals surface area contributed by atoms with Gasteiger partial charge in [-0.1, -0.05) is 11.6 Å². The van der Waals surface area contributed by atoms with Gasteiger partial charge >= 0.3 is 6.18 Å².